The Kier molecular flexibility index (Phi) is 6.73. The molecule has 0 aliphatic heterocycles. The summed E-state index contributed by atoms with van der Waals surface area (Å²) in [5.41, 5.74) is 3.17. The van der Waals surface area contributed by atoms with Gasteiger partial charge in [-0.15, -0.1) is 0 Å². The number of hydrogen-bond donors (Lipinski definition) is 1. The number of amides is 1. The lowest BCUT2D eigenvalue weighted by Gasteiger charge is -2.24. The van der Waals surface area contributed by atoms with Gasteiger partial charge >= 0.3 is 0 Å². The number of nitrogens with zero attached hydrogens (tertiary/aromatic N) is 1. The molecule has 1 N–H and O–H groups in total. The van der Waals surface area contributed by atoms with Crippen molar-refractivity contribution in [3.05, 3.63) is 29.3 Å². The Bertz CT molecular complexity index is 422. The Balaban J connectivity index is 2.61. The zero-order chi connectivity index (χ0) is 15.1. The van der Waals surface area contributed by atoms with Gasteiger partial charge in [-0.1, -0.05) is 38.0 Å². The summed E-state index contributed by atoms with van der Waals surface area (Å²) < 4.78 is 0. The monoisotopic (exact) mass is 276 g/mol. The molecule has 1 aromatic carbocycles. The Morgan fingerprint density at radius 1 is 1.25 bits per heavy atom. The lowest BCUT2D eigenvalue weighted by molar-refractivity contribution is -0.120. The first-order chi connectivity index (χ1) is 9.47. The van der Waals surface area contributed by atoms with Crippen molar-refractivity contribution in [2.45, 2.75) is 53.0 Å². The Morgan fingerprint density at radius 2 is 1.85 bits per heavy atom. The number of anilines is 1. The molecule has 0 aliphatic rings. The molecule has 0 heterocycles. The molecular weight excluding hydrogens is 248 g/mol. The van der Waals surface area contributed by atoms with Gasteiger partial charge in [0.2, 0.25) is 5.91 Å². The molecule has 1 rings (SSSR count). The highest BCUT2D eigenvalue weighted by atomic mass is 16.2. The van der Waals surface area contributed by atoms with E-state index in [0.29, 0.717) is 0 Å². The van der Waals surface area contributed by atoms with E-state index in [1.807, 2.05) is 46.0 Å². The van der Waals surface area contributed by atoms with Gasteiger partial charge in [0.1, 0.15) is 0 Å². The van der Waals surface area contributed by atoms with Crippen LogP contribution in [-0.2, 0) is 4.79 Å². The molecule has 1 aromatic rings. The summed E-state index contributed by atoms with van der Waals surface area (Å²) in [6.07, 6.45) is 3.57. The zero-order valence-corrected chi connectivity index (χ0v) is 13.5. The van der Waals surface area contributed by atoms with E-state index < -0.39 is 0 Å². The summed E-state index contributed by atoms with van der Waals surface area (Å²) in [5, 5.41) is 3.07. The van der Waals surface area contributed by atoms with Crippen LogP contribution in [0, 0.1) is 13.8 Å². The Morgan fingerprint density at radius 3 is 2.40 bits per heavy atom. The molecule has 112 valence electrons. The average molecular weight is 276 g/mol. The predicted molar refractivity (Wildman–Crippen MR) is 86.2 cm³/mol. The average Bonchev–Trinajstić information content (AvgIpc) is 2.42. The van der Waals surface area contributed by atoms with Crippen LogP contribution in [0.4, 0.5) is 5.69 Å². The highest BCUT2D eigenvalue weighted by Crippen LogP contribution is 2.20. The number of para-hydroxylation sites is 1. The van der Waals surface area contributed by atoms with E-state index >= 15 is 0 Å². The molecule has 0 saturated carbocycles. The minimum Gasteiger partial charge on any atom is -0.324 e. The van der Waals surface area contributed by atoms with Crippen LogP contribution in [-0.4, -0.2) is 30.4 Å². The standard InChI is InChI=1S/C17H28N2O/c1-6-7-8-12-19(5)15(4)17(20)18-16-13(2)10-9-11-14(16)3/h9-11,15H,6-8,12H2,1-5H3,(H,18,20). The van der Waals surface area contributed by atoms with Crippen molar-refractivity contribution in [3.8, 4) is 0 Å². The van der Waals surface area contributed by atoms with E-state index in [4.69, 9.17) is 0 Å². The van der Waals surface area contributed by atoms with Crippen molar-refractivity contribution in [3.63, 3.8) is 0 Å². The lowest BCUT2D eigenvalue weighted by Crippen LogP contribution is -2.40. The molecule has 0 fully saturated rings. The second-order valence-corrected chi connectivity index (χ2v) is 5.62. The molecule has 3 heteroatoms. The normalized spacial score (nSPS) is 12.5. The van der Waals surface area contributed by atoms with Gasteiger partial charge in [-0.3, -0.25) is 9.69 Å². The van der Waals surface area contributed by atoms with Crippen molar-refractivity contribution < 1.29 is 4.79 Å². The number of aryl methyl sites for hydroxylation is 2. The van der Waals surface area contributed by atoms with Crippen LogP contribution in [0.5, 0.6) is 0 Å². The van der Waals surface area contributed by atoms with Gasteiger partial charge in [0.15, 0.2) is 0 Å². The Hall–Kier alpha value is -1.35. The first kappa shape index (κ1) is 16.7. The quantitative estimate of drug-likeness (QED) is 0.769. The smallest absolute Gasteiger partial charge is 0.241 e. The maximum absolute atomic E-state index is 12.3. The second kappa shape index (κ2) is 8.05. The third kappa shape index (κ3) is 4.64. The van der Waals surface area contributed by atoms with Crippen LogP contribution in [0.15, 0.2) is 18.2 Å². The molecule has 1 atom stereocenters. The summed E-state index contributed by atoms with van der Waals surface area (Å²) >= 11 is 0. The molecule has 3 nitrogen and oxygen atoms in total. The topological polar surface area (TPSA) is 32.3 Å². The number of hydrogen-bond acceptors (Lipinski definition) is 2. The SMILES string of the molecule is CCCCCN(C)C(C)C(=O)Nc1c(C)cccc1C. The molecular formula is C17H28N2O. The highest BCUT2D eigenvalue weighted by molar-refractivity contribution is 5.95. The summed E-state index contributed by atoms with van der Waals surface area (Å²) in [7, 11) is 2.02. The minimum atomic E-state index is -0.106. The van der Waals surface area contributed by atoms with E-state index in [1.165, 1.54) is 12.8 Å². The van der Waals surface area contributed by atoms with E-state index in [1.54, 1.807) is 0 Å². The minimum absolute atomic E-state index is 0.0707. The first-order valence-electron chi connectivity index (χ1n) is 7.54. The lowest BCUT2D eigenvalue weighted by atomic mass is 10.1. The third-order valence-corrected chi connectivity index (χ3v) is 3.88. The molecule has 0 aromatic heterocycles. The van der Waals surface area contributed by atoms with Crippen molar-refractivity contribution in [2.75, 3.05) is 18.9 Å². The van der Waals surface area contributed by atoms with Crippen molar-refractivity contribution >= 4 is 11.6 Å². The van der Waals surface area contributed by atoms with Gasteiger partial charge in [0, 0.05) is 5.69 Å². The second-order valence-electron chi connectivity index (χ2n) is 5.62. The van der Waals surface area contributed by atoms with Crippen LogP contribution < -0.4 is 5.32 Å². The number of nitrogens with one attached hydrogen (secondary N) is 1. The zero-order valence-electron chi connectivity index (χ0n) is 13.5. The summed E-state index contributed by atoms with van der Waals surface area (Å²) in [5.74, 6) is 0.0707. The molecule has 1 unspecified atom stereocenters. The van der Waals surface area contributed by atoms with Crippen molar-refractivity contribution in [1.29, 1.82) is 0 Å². The third-order valence-electron chi connectivity index (χ3n) is 3.88. The fourth-order valence-corrected chi connectivity index (χ4v) is 2.24. The van der Waals surface area contributed by atoms with Crippen LogP contribution >= 0.6 is 0 Å². The summed E-state index contributed by atoms with van der Waals surface area (Å²) in [6.45, 7) is 9.18. The number of carbonyl (C=O) groups is 1. The molecule has 0 spiro atoms. The van der Waals surface area contributed by atoms with Gasteiger partial charge in [-0.25, -0.2) is 0 Å². The van der Waals surface area contributed by atoms with Crippen LogP contribution in [0.1, 0.15) is 44.2 Å². The maximum Gasteiger partial charge on any atom is 0.241 e. The van der Waals surface area contributed by atoms with E-state index in [0.717, 1.165) is 29.8 Å². The first-order valence-corrected chi connectivity index (χ1v) is 7.54. The highest BCUT2D eigenvalue weighted by Gasteiger charge is 2.18. The molecule has 0 bridgehead atoms. The molecule has 0 radical (unpaired) electrons. The fraction of sp³-hybridized carbons (Fsp3) is 0.588. The number of benzene rings is 1. The van der Waals surface area contributed by atoms with Gasteiger partial charge in [0.05, 0.1) is 6.04 Å². The fourth-order valence-electron chi connectivity index (χ4n) is 2.24. The van der Waals surface area contributed by atoms with Gasteiger partial charge in [-0.2, -0.15) is 0 Å². The van der Waals surface area contributed by atoms with E-state index in [-0.39, 0.29) is 11.9 Å². The summed E-state index contributed by atoms with van der Waals surface area (Å²) in [4.78, 5) is 14.5. The van der Waals surface area contributed by atoms with Crippen molar-refractivity contribution in [1.82, 2.24) is 4.90 Å². The van der Waals surface area contributed by atoms with Crippen molar-refractivity contribution in [2.24, 2.45) is 0 Å². The Labute approximate surface area is 123 Å². The number of likely N-dealkylation sites (N-methyl/N-ethyl adjacent to an activating group) is 1. The van der Waals surface area contributed by atoms with Crippen LogP contribution in [0.3, 0.4) is 0 Å². The summed E-state index contributed by atoms with van der Waals surface area (Å²) in [6, 6.07) is 5.96. The van der Waals surface area contributed by atoms with Gasteiger partial charge in [-0.05, 0) is 51.9 Å². The molecule has 0 saturated heterocycles. The number of unbranched alkanes of at least 4 members (excludes halogenated alkanes) is 2. The predicted octanol–water partition coefficient (Wildman–Crippen LogP) is 3.75. The molecule has 20 heavy (non-hydrogen) atoms. The molecule has 0 aliphatic carbocycles. The van der Waals surface area contributed by atoms with E-state index in [2.05, 4.69) is 17.1 Å². The number of rotatable bonds is 7. The van der Waals surface area contributed by atoms with Gasteiger partial charge < -0.3 is 5.32 Å². The largest absolute Gasteiger partial charge is 0.324 e. The van der Waals surface area contributed by atoms with Crippen LogP contribution in [0.2, 0.25) is 0 Å². The van der Waals surface area contributed by atoms with Gasteiger partial charge in [0.25, 0.3) is 0 Å². The number of carbonyl (C=O) groups excluding carboxylic acids is 1. The molecule has 1 amide bonds. The van der Waals surface area contributed by atoms with E-state index in [9.17, 15) is 4.79 Å². The van der Waals surface area contributed by atoms with Crippen LogP contribution in [0.25, 0.3) is 0 Å². The maximum atomic E-state index is 12.3.